The molecule has 1 aliphatic rings. The van der Waals surface area contributed by atoms with Gasteiger partial charge >= 0.3 is 0 Å². The maximum Gasteiger partial charge on any atom is 0.189 e. The quantitative estimate of drug-likeness (QED) is 0.341. The third-order valence-electron chi connectivity index (χ3n) is 5.59. The number of ether oxygens (including phenoxy) is 3. The molecule has 6 nitrogen and oxygen atoms in total. The molecule has 0 aromatic heterocycles. The van der Waals surface area contributed by atoms with Crippen LogP contribution in [0, 0.1) is 5.41 Å². The van der Waals surface area contributed by atoms with Crippen molar-refractivity contribution in [1.82, 2.24) is 5.32 Å². The van der Waals surface area contributed by atoms with Gasteiger partial charge in [-0.15, -0.1) is 24.0 Å². The van der Waals surface area contributed by atoms with Gasteiger partial charge in [0, 0.05) is 18.6 Å². The van der Waals surface area contributed by atoms with E-state index in [9.17, 15) is 0 Å². The average molecular weight is 477 g/mol. The largest absolute Gasteiger partial charge is 0.493 e. The van der Waals surface area contributed by atoms with Gasteiger partial charge in [-0.25, -0.2) is 4.99 Å². The maximum atomic E-state index is 6.12. The van der Waals surface area contributed by atoms with Crippen molar-refractivity contribution in [2.75, 3.05) is 21.3 Å². The Morgan fingerprint density at radius 2 is 1.85 bits per heavy atom. The molecule has 0 saturated heterocycles. The molecule has 3 N–H and O–H groups in total. The van der Waals surface area contributed by atoms with Gasteiger partial charge in [-0.3, -0.25) is 0 Å². The van der Waals surface area contributed by atoms with Gasteiger partial charge in [0.25, 0.3) is 0 Å². The summed E-state index contributed by atoms with van der Waals surface area (Å²) >= 11 is 0. The fraction of sp³-hybridized carbons (Fsp3) is 0.632. The lowest BCUT2D eigenvalue weighted by molar-refractivity contribution is -0.118. The van der Waals surface area contributed by atoms with Crippen LogP contribution in [0.25, 0.3) is 0 Å². The van der Waals surface area contributed by atoms with Crippen molar-refractivity contribution in [3.8, 4) is 11.5 Å². The first-order valence-electron chi connectivity index (χ1n) is 8.84. The van der Waals surface area contributed by atoms with E-state index in [2.05, 4.69) is 24.2 Å². The highest BCUT2D eigenvalue weighted by Crippen LogP contribution is 2.48. The lowest BCUT2D eigenvalue weighted by atomic mass is 9.58. The van der Waals surface area contributed by atoms with E-state index in [1.807, 2.05) is 18.2 Å². The molecular weight excluding hydrogens is 445 g/mol. The number of nitrogens with one attached hydrogen (secondary N) is 1. The molecular formula is C19H32IN3O3. The van der Waals surface area contributed by atoms with Gasteiger partial charge in [-0.05, 0) is 37.0 Å². The molecule has 7 heteroatoms. The first-order chi connectivity index (χ1) is 12.0. The zero-order valence-electron chi connectivity index (χ0n) is 16.4. The summed E-state index contributed by atoms with van der Waals surface area (Å²) in [6, 6.07) is 6.07. The predicted molar refractivity (Wildman–Crippen MR) is 116 cm³/mol. The van der Waals surface area contributed by atoms with Gasteiger partial charge in [0.05, 0.1) is 26.9 Å². The third-order valence-corrected chi connectivity index (χ3v) is 5.59. The topological polar surface area (TPSA) is 78.1 Å². The summed E-state index contributed by atoms with van der Waals surface area (Å²) in [5, 5.41) is 3.39. The molecule has 1 fully saturated rings. The van der Waals surface area contributed by atoms with Gasteiger partial charge in [0.2, 0.25) is 0 Å². The van der Waals surface area contributed by atoms with Crippen LogP contribution in [-0.2, 0) is 11.3 Å². The Morgan fingerprint density at radius 1 is 1.19 bits per heavy atom. The first-order valence-corrected chi connectivity index (χ1v) is 8.84. The SMILES string of the molecule is CCC1(CC)C(NC(N)=NCc2ccc(OC)c(OC)c2)CC1OC.I. The molecule has 1 saturated carbocycles. The van der Waals surface area contributed by atoms with Crippen molar-refractivity contribution in [3.63, 3.8) is 0 Å². The van der Waals surface area contributed by atoms with Crippen molar-refractivity contribution < 1.29 is 14.2 Å². The summed E-state index contributed by atoms with van der Waals surface area (Å²) in [6.07, 6.45) is 3.37. The molecule has 0 aliphatic heterocycles. The van der Waals surface area contributed by atoms with Gasteiger partial charge in [-0.2, -0.15) is 0 Å². The first kappa shape index (κ1) is 22.8. The van der Waals surface area contributed by atoms with Crippen LogP contribution in [0.5, 0.6) is 11.5 Å². The van der Waals surface area contributed by atoms with Crippen LogP contribution in [0.3, 0.4) is 0 Å². The number of hydrogen-bond acceptors (Lipinski definition) is 4. The number of aliphatic imine (C=N–C) groups is 1. The fourth-order valence-electron chi connectivity index (χ4n) is 3.86. The number of methoxy groups -OCH3 is 3. The van der Waals surface area contributed by atoms with Crippen molar-refractivity contribution in [1.29, 1.82) is 0 Å². The molecule has 2 rings (SSSR count). The monoisotopic (exact) mass is 477 g/mol. The van der Waals surface area contributed by atoms with Crippen molar-refractivity contribution >= 4 is 29.9 Å². The van der Waals surface area contributed by atoms with E-state index in [0.717, 1.165) is 24.8 Å². The Balaban J connectivity index is 0.00000338. The maximum absolute atomic E-state index is 6.12. The molecule has 1 aromatic rings. The number of nitrogens with two attached hydrogens (primary N) is 1. The molecule has 0 heterocycles. The Bertz CT molecular complexity index is 606. The molecule has 2 atom stereocenters. The second kappa shape index (κ2) is 10.2. The van der Waals surface area contributed by atoms with Gasteiger partial charge in [-0.1, -0.05) is 19.9 Å². The Kier molecular flexibility index (Phi) is 8.95. The molecule has 0 spiro atoms. The molecule has 0 bridgehead atoms. The van der Waals surface area contributed by atoms with Crippen LogP contribution in [0.2, 0.25) is 0 Å². The third kappa shape index (κ3) is 4.54. The summed E-state index contributed by atoms with van der Waals surface area (Å²) in [5.74, 6) is 1.87. The number of hydrogen-bond donors (Lipinski definition) is 2. The van der Waals surface area contributed by atoms with Crippen molar-refractivity contribution in [2.45, 2.75) is 51.8 Å². The van der Waals surface area contributed by atoms with E-state index in [4.69, 9.17) is 19.9 Å². The molecule has 0 amide bonds. The Labute approximate surface area is 173 Å². The molecule has 1 aromatic carbocycles. The Hall–Kier alpha value is -1.22. The van der Waals surface area contributed by atoms with Crippen LogP contribution in [0.1, 0.15) is 38.7 Å². The zero-order chi connectivity index (χ0) is 18.4. The van der Waals surface area contributed by atoms with Crippen LogP contribution in [0.4, 0.5) is 0 Å². The van der Waals surface area contributed by atoms with Crippen LogP contribution in [-0.4, -0.2) is 39.4 Å². The molecule has 0 radical (unpaired) electrons. The summed E-state index contributed by atoms with van der Waals surface area (Å²) in [4.78, 5) is 4.48. The summed E-state index contributed by atoms with van der Waals surface area (Å²) < 4.78 is 16.2. The number of rotatable bonds is 8. The summed E-state index contributed by atoms with van der Waals surface area (Å²) in [7, 11) is 5.03. The molecule has 148 valence electrons. The second-order valence-corrected chi connectivity index (χ2v) is 6.49. The minimum Gasteiger partial charge on any atom is -0.493 e. The second-order valence-electron chi connectivity index (χ2n) is 6.49. The predicted octanol–water partition coefficient (Wildman–Crippen LogP) is 3.32. The van der Waals surface area contributed by atoms with E-state index in [1.54, 1.807) is 21.3 Å². The Morgan fingerprint density at radius 3 is 2.38 bits per heavy atom. The zero-order valence-corrected chi connectivity index (χ0v) is 18.7. The minimum atomic E-state index is 0. The number of guanidine groups is 1. The number of halogens is 1. The highest BCUT2D eigenvalue weighted by atomic mass is 127. The van der Waals surface area contributed by atoms with Gasteiger partial charge in [0.1, 0.15) is 0 Å². The highest BCUT2D eigenvalue weighted by Gasteiger charge is 2.53. The van der Waals surface area contributed by atoms with Crippen LogP contribution < -0.4 is 20.5 Å². The van der Waals surface area contributed by atoms with E-state index in [-0.39, 0.29) is 29.4 Å². The van der Waals surface area contributed by atoms with Crippen LogP contribution in [0.15, 0.2) is 23.2 Å². The average Bonchev–Trinajstić information content (AvgIpc) is 2.63. The van der Waals surface area contributed by atoms with Crippen molar-refractivity contribution in [3.05, 3.63) is 23.8 Å². The summed E-state index contributed by atoms with van der Waals surface area (Å²) in [5.41, 5.74) is 7.27. The smallest absolute Gasteiger partial charge is 0.189 e. The van der Waals surface area contributed by atoms with E-state index >= 15 is 0 Å². The van der Waals surface area contributed by atoms with Crippen molar-refractivity contribution in [2.24, 2.45) is 16.1 Å². The minimum absolute atomic E-state index is 0. The van der Waals surface area contributed by atoms with E-state index in [0.29, 0.717) is 36.1 Å². The van der Waals surface area contributed by atoms with Gasteiger partial charge < -0.3 is 25.3 Å². The highest BCUT2D eigenvalue weighted by molar-refractivity contribution is 14.0. The standard InChI is InChI=1S/C19H31N3O3.HI/c1-6-19(7-2)16(11-17(19)25-5)22-18(20)21-12-13-8-9-14(23-3)15(10-13)24-4;/h8-10,16-17H,6-7,11-12H2,1-5H3,(H3,20,21,22);1H. The summed E-state index contributed by atoms with van der Waals surface area (Å²) in [6.45, 7) is 4.91. The number of nitrogens with zero attached hydrogens (tertiary/aromatic N) is 1. The molecule has 2 unspecified atom stereocenters. The lowest BCUT2D eigenvalue weighted by Gasteiger charge is -2.55. The fourth-order valence-corrected chi connectivity index (χ4v) is 3.86. The van der Waals surface area contributed by atoms with E-state index < -0.39 is 0 Å². The van der Waals surface area contributed by atoms with Crippen LogP contribution >= 0.6 is 24.0 Å². The molecule has 1 aliphatic carbocycles. The van der Waals surface area contributed by atoms with E-state index in [1.165, 1.54) is 0 Å². The lowest BCUT2D eigenvalue weighted by Crippen LogP contribution is -2.65. The van der Waals surface area contributed by atoms with Gasteiger partial charge in [0.15, 0.2) is 17.5 Å². The normalized spacial score (nSPS) is 21.3. The molecule has 26 heavy (non-hydrogen) atoms. The number of benzene rings is 1.